The first kappa shape index (κ1) is 19.4. The van der Waals surface area contributed by atoms with E-state index in [9.17, 15) is 9.59 Å². The first-order chi connectivity index (χ1) is 13.4. The van der Waals surface area contributed by atoms with E-state index in [0.717, 1.165) is 0 Å². The van der Waals surface area contributed by atoms with Gasteiger partial charge in [0.2, 0.25) is 0 Å². The highest BCUT2D eigenvalue weighted by molar-refractivity contribution is 6.01. The van der Waals surface area contributed by atoms with Crippen molar-refractivity contribution in [2.45, 2.75) is 32.5 Å². The second kappa shape index (κ2) is 8.13. The van der Waals surface area contributed by atoms with Crippen LogP contribution in [-0.2, 0) is 4.79 Å². The second-order valence-electron chi connectivity index (χ2n) is 6.89. The fraction of sp³-hybridized carbons (Fsp3) is 0.400. The minimum atomic E-state index is -0.588. The molecule has 8 nitrogen and oxygen atoms in total. The molecule has 1 aromatic carbocycles. The normalized spacial score (nSPS) is 16.2. The van der Waals surface area contributed by atoms with Crippen molar-refractivity contribution < 1.29 is 19.1 Å². The molecular formula is C20H22N4O4. The number of hydrogen-bond donors (Lipinski definition) is 1. The molecule has 1 aliphatic heterocycles. The van der Waals surface area contributed by atoms with Crippen molar-refractivity contribution in [1.29, 1.82) is 0 Å². The van der Waals surface area contributed by atoms with Crippen LogP contribution in [0.1, 0.15) is 30.6 Å². The molecule has 3 rings (SSSR count). The summed E-state index contributed by atoms with van der Waals surface area (Å²) in [5.41, 5.74) is 6.32. The number of pyridine rings is 1. The highest BCUT2D eigenvalue weighted by Crippen LogP contribution is 2.32. The summed E-state index contributed by atoms with van der Waals surface area (Å²) >= 11 is 0. The van der Waals surface area contributed by atoms with Crippen molar-refractivity contribution in [3.63, 3.8) is 0 Å². The summed E-state index contributed by atoms with van der Waals surface area (Å²) < 4.78 is 11.9. The third-order valence-electron chi connectivity index (χ3n) is 4.44. The lowest BCUT2D eigenvalue weighted by atomic mass is 10.1. The Morgan fingerprint density at radius 1 is 1.39 bits per heavy atom. The summed E-state index contributed by atoms with van der Waals surface area (Å²) in [5.74, 6) is 0.210. The van der Waals surface area contributed by atoms with Crippen molar-refractivity contribution in [2.24, 2.45) is 5.73 Å². The topological polar surface area (TPSA) is 99.1 Å². The van der Waals surface area contributed by atoms with Gasteiger partial charge in [-0.2, -0.15) is 0 Å². The van der Waals surface area contributed by atoms with E-state index in [4.69, 9.17) is 21.8 Å². The zero-order valence-electron chi connectivity index (χ0n) is 15.8. The predicted molar refractivity (Wildman–Crippen MR) is 103 cm³/mol. The monoisotopic (exact) mass is 382 g/mol. The Bertz CT molecular complexity index is 951. The molecule has 2 heterocycles. The molecule has 0 spiro atoms. The zero-order chi connectivity index (χ0) is 20.3. The Hall–Kier alpha value is -3.34. The van der Waals surface area contributed by atoms with Crippen LogP contribution in [0.2, 0.25) is 0 Å². The molecule has 8 heteroatoms. The minimum absolute atomic E-state index is 0.131. The number of carbonyl (C=O) groups excluding carboxylic acids is 2. The fourth-order valence-electron chi connectivity index (χ4n) is 3.19. The number of amides is 2. The molecular weight excluding hydrogens is 360 g/mol. The Morgan fingerprint density at radius 3 is 2.86 bits per heavy atom. The van der Waals surface area contributed by atoms with Crippen LogP contribution in [0.5, 0.6) is 11.5 Å². The number of rotatable bonds is 6. The summed E-state index contributed by atoms with van der Waals surface area (Å²) in [6.45, 7) is 11.4. The van der Waals surface area contributed by atoms with E-state index in [1.165, 1.54) is 0 Å². The van der Waals surface area contributed by atoms with Crippen LogP contribution in [0.3, 0.4) is 0 Å². The third-order valence-corrected chi connectivity index (χ3v) is 4.44. The first-order valence-corrected chi connectivity index (χ1v) is 9.06. The number of benzene rings is 1. The number of nitrogens with zero attached hydrogens (tertiary/aromatic N) is 3. The van der Waals surface area contributed by atoms with Crippen LogP contribution >= 0.6 is 0 Å². The number of fused-ring (bicyclic) bond motifs is 1. The number of likely N-dealkylation sites (tertiary alicyclic amines) is 1. The van der Waals surface area contributed by atoms with E-state index in [-0.39, 0.29) is 30.2 Å². The fourth-order valence-corrected chi connectivity index (χ4v) is 3.19. The maximum Gasteiger partial charge on any atom is 0.302 e. The van der Waals surface area contributed by atoms with Crippen LogP contribution in [0.15, 0.2) is 24.4 Å². The van der Waals surface area contributed by atoms with Gasteiger partial charge in [-0.05, 0) is 32.0 Å². The number of ether oxygens (including phenoxy) is 2. The molecule has 0 radical (unpaired) electrons. The molecule has 0 aliphatic carbocycles. The average molecular weight is 382 g/mol. The van der Waals surface area contributed by atoms with Crippen LogP contribution in [0, 0.1) is 6.57 Å². The summed E-state index contributed by atoms with van der Waals surface area (Å²) in [5, 5.41) is 0.703. The van der Waals surface area contributed by atoms with Gasteiger partial charge in [0.25, 0.3) is 12.5 Å². The predicted octanol–water partition coefficient (Wildman–Crippen LogP) is 2.02. The molecule has 1 saturated heterocycles. The lowest BCUT2D eigenvalue weighted by Crippen LogP contribution is -2.32. The zero-order valence-corrected chi connectivity index (χ0v) is 15.8. The molecule has 1 aliphatic rings. The highest BCUT2D eigenvalue weighted by atomic mass is 16.5. The highest BCUT2D eigenvalue weighted by Gasteiger charge is 2.29. The number of primary amides is 1. The van der Waals surface area contributed by atoms with Gasteiger partial charge >= 0.3 is 5.91 Å². The van der Waals surface area contributed by atoms with E-state index in [0.29, 0.717) is 41.9 Å². The SMILES string of the molecule is [C-]#[N+]CC(=O)N1CC[C@@H](Oc2ccnc3cc(C(N)=O)c(OC(C)C)cc23)C1. The number of hydrogen-bond acceptors (Lipinski definition) is 5. The summed E-state index contributed by atoms with van der Waals surface area (Å²) in [6, 6.07) is 5.06. The molecule has 2 amide bonds. The molecule has 1 atom stereocenters. The molecule has 2 aromatic rings. The quantitative estimate of drug-likeness (QED) is 0.771. The Kier molecular flexibility index (Phi) is 5.64. The van der Waals surface area contributed by atoms with Gasteiger partial charge in [-0.25, -0.2) is 6.57 Å². The Morgan fingerprint density at radius 2 is 2.18 bits per heavy atom. The summed E-state index contributed by atoms with van der Waals surface area (Å²) in [6.07, 6.45) is 1.98. The van der Waals surface area contributed by atoms with Gasteiger partial charge in [0, 0.05) is 24.5 Å². The number of nitrogens with two attached hydrogens (primary N) is 1. The minimum Gasteiger partial charge on any atom is -0.490 e. The standard InChI is InChI=1S/C20H22N4O4/c1-12(2)27-18-9-14-16(8-15(18)20(21)26)23-6-4-17(14)28-13-5-7-24(11-13)19(25)10-22-3/h4,6,8-9,12-13H,5,7,10-11H2,1-2H3,(H2,21,26)/t13-/m1/s1. The molecule has 146 valence electrons. The molecule has 1 fully saturated rings. The van der Waals surface area contributed by atoms with Gasteiger partial charge < -0.3 is 25.0 Å². The third kappa shape index (κ3) is 4.14. The van der Waals surface area contributed by atoms with Crippen molar-refractivity contribution in [3.05, 3.63) is 41.4 Å². The van der Waals surface area contributed by atoms with Gasteiger partial charge in [0.05, 0.1) is 23.7 Å². The van der Waals surface area contributed by atoms with Gasteiger partial charge in [-0.15, -0.1) is 0 Å². The Balaban J connectivity index is 1.89. The van der Waals surface area contributed by atoms with Crippen molar-refractivity contribution in [1.82, 2.24) is 9.88 Å². The van der Waals surface area contributed by atoms with E-state index >= 15 is 0 Å². The summed E-state index contributed by atoms with van der Waals surface area (Å²) in [7, 11) is 0. The summed E-state index contributed by atoms with van der Waals surface area (Å²) in [4.78, 5) is 32.8. The number of aromatic nitrogens is 1. The maximum atomic E-state index is 11.9. The van der Waals surface area contributed by atoms with E-state index in [1.807, 2.05) is 13.8 Å². The van der Waals surface area contributed by atoms with E-state index < -0.39 is 5.91 Å². The van der Waals surface area contributed by atoms with Crippen LogP contribution in [-0.4, -0.2) is 53.5 Å². The molecule has 0 saturated carbocycles. The smallest absolute Gasteiger partial charge is 0.302 e. The molecule has 0 unspecified atom stereocenters. The van der Waals surface area contributed by atoms with Gasteiger partial charge in [0.15, 0.2) is 0 Å². The molecule has 0 bridgehead atoms. The van der Waals surface area contributed by atoms with Crippen LogP contribution < -0.4 is 15.2 Å². The average Bonchev–Trinajstić information content (AvgIpc) is 3.10. The molecule has 28 heavy (non-hydrogen) atoms. The number of carbonyl (C=O) groups is 2. The lowest BCUT2D eigenvalue weighted by molar-refractivity contribution is -0.128. The second-order valence-corrected chi connectivity index (χ2v) is 6.89. The Labute approximate surface area is 163 Å². The van der Waals surface area contributed by atoms with Crippen molar-refractivity contribution >= 4 is 22.7 Å². The van der Waals surface area contributed by atoms with Crippen molar-refractivity contribution in [2.75, 3.05) is 19.6 Å². The molecule has 1 aromatic heterocycles. The maximum absolute atomic E-state index is 11.9. The van der Waals surface area contributed by atoms with E-state index in [2.05, 4.69) is 9.83 Å². The van der Waals surface area contributed by atoms with Crippen LogP contribution in [0.4, 0.5) is 0 Å². The van der Waals surface area contributed by atoms with Gasteiger partial charge in [-0.3, -0.25) is 14.6 Å². The lowest BCUT2D eigenvalue weighted by Gasteiger charge is -2.18. The largest absolute Gasteiger partial charge is 0.490 e. The van der Waals surface area contributed by atoms with Crippen molar-refractivity contribution in [3.8, 4) is 11.5 Å². The van der Waals surface area contributed by atoms with Gasteiger partial charge in [-0.1, -0.05) is 0 Å². The van der Waals surface area contributed by atoms with E-state index in [1.54, 1.807) is 29.3 Å². The van der Waals surface area contributed by atoms with Gasteiger partial charge in [0.1, 0.15) is 17.6 Å². The first-order valence-electron chi connectivity index (χ1n) is 9.06. The molecule has 2 N–H and O–H groups in total. The van der Waals surface area contributed by atoms with Crippen LogP contribution in [0.25, 0.3) is 15.7 Å².